The van der Waals surface area contributed by atoms with Crippen molar-refractivity contribution in [2.45, 2.75) is 39.0 Å². The van der Waals surface area contributed by atoms with E-state index in [1.54, 1.807) is 6.34 Å². The summed E-state index contributed by atoms with van der Waals surface area (Å²) in [7, 11) is 3.88. The molecule has 4 heteroatoms. The van der Waals surface area contributed by atoms with Crippen LogP contribution in [0.2, 0.25) is 0 Å². The molecule has 0 bridgehead atoms. The molecule has 0 spiro atoms. The van der Waals surface area contributed by atoms with Gasteiger partial charge in [0.1, 0.15) is 0 Å². The van der Waals surface area contributed by atoms with Crippen LogP contribution in [0, 0.1) is 0 Å². The summed E-state index contributed by atoms with van der Waals surface area (Å²) in [5.74, 6) is -0.0787. The number of hydrogen-bond acceptors (Lipinski definition) is 3. The van der Waals surface area contributed by atoms with Crippen LogP contribution in [-0.2, 0) is 9.53 Å². The minimum Gasteiger partial charge on any atom is -0.466 e. The highest BCUT2D eigenvalue weighted by molar-refractivity contribution is 5.69. The van der Waals surface area contributed by atoms with Gasteiger partial charge in [0, 0.05) is 27.1 Å². The van der Waals surface area contributed by atoms with Crippen LogP contribution in [0.1, 0.15) is 39.0 Å². The molecule has 0 aliphatic rings. The standard InChI is InChI=1S/C12H24N2O2/c1-4-5-10-16-12(15)8-6-7-9-13-11-14(2)3/h11H,4-10H2,1-3H3. The fraction of sp³-hybridized carbons (Fsp3) is 0.833. The number of esters is 1. The van der Waals surface area contributed by atoms with Crippen LogP contribution in [0.4, 0.5) is 0 Å². The summed E-state index contributed by atoms with van der Waals surface area (Å²) in [5.41, 5.74) is 0. The molecule has 0 aromatic carbocycles. The molecule has 0 rings (SSSR count). The number of hydrogen-bond donors (Lipinski definition) is 0. The average molecular weight is 228 g/mol. The van der Waals surface area contributed by atoms with Gasteiger partial charge in [-0.15, -0.1) is 0 Å². The van der Waals surface area contributed by atoms with Gasteiger partial charge in [0.15, 0.2) is 0 Å². The monoisotopic (exact) mass is 228 g/mol. The first-order valence-corrected chi connectivity index (χ1v) is 5.98. The Morgan fingerprint density at radius 2 is 2.06 bits per heavy atom. The number of aliphatic imine (C=N–C) groups is 1. The van der Waals surface area contributed by atoms with Gasteiger partial charge >= 0.3 is 5.97 Å². The smallest absolute Gasteiger partial charge is 0.305 e. The molecule has 0 aliphatic carbocycles. The maximum absolute atomic E-state index is 11.2. The SMILES string of the molecule is CCCCOC(=O)CCCCN=CN(C)C. The van der Waals surface area contributed by atoms with Crippen molar-refractivity contribution in [3.8, 4) is 0 Å². The van der Waals surface area contributed by atoms with Crippen LogP contribution in [0.15, 0.2) is 4.99 Å². The van der Waals surface area contributed by atoms with Gasteiger partial charge in [0.25, 0.3) is 0 Å². The van der Waals surface area contributed by atoms with Crippen LogP contribution >= 0.6 is 0 Å². The van der Waals surface area contributed by atoms with Crippen molar-refractivity contribution in [3.05, 3.63) is 0 Å². The highest BCUT2D eigenvalue weighted by atomic mass is 16.5. The third kappa shape index (κ3) is 11.0. The lowest BCUT2D eigenvalue weighted by Gasteiger charge is -2.03. The van der Waals surface area contributed by atoms with Gasteiger partial charge in [-0.05, 0) is 19.3 Å². The van der Waals surface area contributed by atoms with Crippen molar-refractivity contribution in [1.29, 1.82) is 0 Å². The second kappa shape index (κ2) is 10.5. The van der Waals surface area contributed by atoms with Crippen LogP contribution < -0.4 is 0 Å². The summed E-state index contributed by atoms with van der Waals surface area (Å²) < 4.78 is 5.04. The molecule has 0 atom stereocenters. The lowest BCUT2D eigenvalue weighted by molar-refractivity contribution is -0.143. The van der Waals surface area contributed by atoms with Gasteiger partial charge in [-0.25, -0.2) is 0 Å². The van der Waals surface area contributed by atoms with Gasteiger partial charge in [-0.3, -0.25) is 9.79 Å². The molecule has 0 heterocycles. The van der Waals surface area contributed by atoms with Crippen molar-refractivity contribution in [1.82, 2.24) is 4.90 Å². The van der Waals surface area contributed by atoms with Crippen LogP contribution in [-0.4, -0.2) is 44.5 Å². The Morgan fingerprint density at radius 3 is 2.69 bits per heavy atom. The highest BCUT2D eigenvalue weighted by Gasteiger charge is 2.01. The number of unbranched alkanes of at least 4 members (excludes halogenated alkanes) is 2. The van der Waals surface area contributed by atoms with E-state index in [9.17, 15) is 4.79 Å². The maximum Gasteiger partial charge on any atom is 0.305 e. The van der Waals surface area contributed by atoms with E-state index in [2.05, 4.69) is 11.9 Å². The molecule has 0 aromatic rings. The van der Waals surface area contributed by atoms with Gasteiger partial charge in [0.05, 0.1) is 12.9 Å². The Kier molecular flexibility index (Phi) is 9.76. The number of nitrogens with zero attached hydrogens (tertiary/aromatic N) is 2. The first-order chi connectivity index (χ1) is 7.66. The zero-order chi connectivity index (χ0) is 12.2. The lowest BCUT2D eigenvalue weighted by Crippen LogP contribution is -2.08. The number of rotatable bonds is 9. The molecule has 0 fully saturated rings. The topological polar surface area (TPSA) is 41.9 Å². The van der Waals surface area contributed by atoms with E-state index in [-0.39, 0.29) is 5.97 Å². The Morgan fingerprint density at radius 1 is 1.31 bits per heavy atom. The quantitative estimate of drug-likeness (QED) is 0.263. The Hall–Kier alpha value is -1.06. The zero-order valence-electron chi connectivity index (χ0n) is 10.7. The fourth-order valence-corrected chi connectivity index (χ4v) is 1.10. The molecule has 0 radical (unpaired) electrons. The van der Waals surface area contributed by atoms with Crippen LogP contribution in [0.3, 0.4) is 0 Å². The Balaban J connectivity index is 3.27. The van der Waals surface area contributed by atoms with Crippen LogP contribution in [0.25, 0.3) is 0 Å². The summed E-state index contributed by atoms with van der Waals surface area (Å²) in [4.78, 5) is 17.3. The zero-order valence-corrected chi connectivity index (χ0v) is 10.7. The molecule has 0 saturated carbocycles. The van der Waals surface area contributed by atoms with Gasteiger partial charge in [-0.2, -0.15) is 0 Å². The Bertz CT molecular complexity index is 203. The second-order valence-electron chi connectivity index (χ2n) is 4.02. The summed E-state index contributed by atoms with van der Waals surface area (Å²) in [6.45, 7) is 3.42. The molecule has 0 saturated heterocycles. The number of carbonyl (C=O) groups excluding carboxylic acids is 1. The van der Waals surface area contributed by atoms with E-state index in [4.69, 9.17) is 4.74 Å². The van der Waals surface area contributed by atoms with E-state index >= 15 is 0 Å². The van der Waals surface area contributed by atoms with E-state index < -0.39 is 0 Å². The minimum atomic E-state index is -0.0787. The third-order valence-electron chi connectivity index (χ3n) is 1.99. The van der Waals surface area contributed by atoms with E-state index in [0.29, 0.717) is 13.0 Å². The van der Waals surface area contributed by atoms with Gasteiger partial charge < -0.3 is 9.64 Å². The Labute approximate surface area is 98.7 Å². The molecular weight excluding hydrogens is 204 g/mol. The molecule has 0 N–H and O–H groups in total. The maximum atomic E-state index is 11.2. The van der Waals surface area contributed by atoms with Crippen molar-refractivity contribution in [2.24, 2.45) is 4.99 Å². The van der Waals surface area contributed by atoms with E-state index in [1.807, 2.05) is 19.0 Å². The summed E-state index contributed by atoms with van der Waals surface area (Å²) in [6.07, 6.45) is 6.12. The molecule has 0 amide bonds. The predicted octanol–water partition coefficient (Wildman–Crippen LogP) is 2.09. The van der Waals surface area contributed by atoms with Crippen molar-refractivity contribution >= 4 is 12.3 Å². The van der Waals surface area contributed by atoms with E-state index in [1.165, 1.54) is 0 Å². The van der Waals surface area contributed by atoms with E-state index in [0.717, 1.165) is 32.2 Å². The average Bonchev–Trinajstić information content (AvgIpc) is 2.23. The minimum absolute atomic E-state index is 0.0787. The molecule has 0 unspecified atom stereocenters. The first-order valence-electron chi connectivity index (χ1n) is 5.98. The number of carbonyl (C=O) groups is 1. The fourth-order valence-electron chi connectivity index (χ4n) is 1.10. The molecule has 0 aromatic heterocycles. The molecule has 16 heavy (non-hydrogen) atoms. The van der Waals surface area contributed by atoms with Gasteiger partial charge in [-0.1, -0.05) is 13.3 Å². The second-order valence-corrected chi connectivity index (χ2v) is 4.02. The first kappa shape index (κ1) is 14.9. The van der Waals surface area contributed by atoms with Crippen molar-refractivity contribution < 1.29 is 9.53 Å². The number of ether oxygens (including phenoxy) is 1. The summed E-state index contributed by atoms with van der Waals surface area (Å²) in [6, 6.07) is 0. The molecule has 0 aliphatic heterocycles. The largest absolute Gasteiger partial charge is 0.466 e. The molecule has 4 nitrogen and oxygen atoms in total. The highest BCUT2D eigenvalue weighted by Crippen LogP contribution is 1.99. The lowest BCUT2D eigenvalue weighted by atomic mass is 10.2. The normalized spacial score (nSPS) is 10.7. The molecular formula is C12H24N2O2. The van der Waals surface area contributed by atoms with Crippen LogP contribution in [0.5, 0.6) is 0 Å². The summed E-state index contributed by atoms with van der Waals surface area (Å²) in [5, 5.41) is 0. The van der Waals surface area contributed by atoms with Crippen molar-refractivity contribution in [3.63, 3.8) is 0 Å². The third-order valence-corrected chi connectivity index (χ3v) is 1.99. The molecule has 94 valence electrons. The van der Waals surface area contributed by atoms with Gasteiger partial charge in [0.2, 0.25) is 0 Å². The summed E-state index contributed by atoms with van der Waals surface area (Å²) >= 11 is 0. The predicted molar refractivity (Wildman–Crippen MR) is 66.8 cm³/mol. The van der Waals surface area contributed by atoms with Crippen molar-refractivity contribution in [2.75, 3.05) is 27.2 Å².